The second kappa shape index (κ2) is 8.69. The largest absolute Gasteiger partial charge is 0.502 e. The van der Waals surface area contributed by atoms with Crippen molar-refractivity contribution in [3.05, 3.63) is 64.7 Å². The lowest BCUT2D eigenvalue weighted by Gasteiger charge is -2.10. The molecule has 0 saturated carbocycles. The Morgan fingerprint density at radius 3 is 2.24 bits per heavy atom. The first-order chi connectivity index (χ1) is 13.6. The fraction of sp³-hybridized carbons (Fsp3) is 0.0556. The SMILES string of the molecule is O=C(O)C(=O)C(=O)c1c(F)ccc(COc2ccc(/C=C(\O)C(=O)O)nc2)c1F. The Morgan fingerprint density at radius 2 is 1.69 bits per heavy atom. The average molecular weight is 407 g/mol. The summed E-state index contributed by atoms with van der Waals surface area (Å²) in [5.41, 5.74) is -1.55. The number of aliphatic hydroxyl groups excluding tert-OH is 1. The van der Waals surface area contributed by atoms with Gasteiger partial charge in [-0.25, -0.2) is 18.4 Å². The molecule has 2 rings (SSSR count). The molecule has 0 aliphatic rings. The third kappa shape index (κ3) is 4.97. The number of pyridine rings is 1. The van der Waals surface area contributed by atoms with Gasteiger partial charge in [-0.1, -0.05) is 0 Å². The summed E-state index contributed by atoms with van der Waals surface area (Å²) in [4.78, 5) is 47.8. The maximum absolute atomic E-state index is 14.4. The van der Waals surface area contributed by atoms with Crippen molar-refractivity contribution in [3.63, 3.8) is 0 Å². The number of hydrogen-bond acceptors (Lipinski definition) is 7. The number of rotatable bonds is 8. The minimum absolute atomic E-state index is 0.0789. The fourth-order valence-corrected chi connectivity index (χ4v) is 2.05. The van der Waals surface area contributed by atoms with Gasteiger partial charge in [0, 0.05) is 11.6 Å². The van der Waals surface area contributed by atoms with Crippen LogP contribution in [0.15, 0.2) is 36.2 Å². The van der Waals surface area contributed by atoms with Gasteiger partial charge in [0.1, 0.15) is 24.0 Å². The molecule has 3 N–H and O–H groups in total. The summed E-state index contributed by atoms with van der Waals surface area (Å²) in [5.74, 6) is -11.2. The van der Waals surface area contributed by atoms with Gasteiger partial charge in [0.25, 0.3) is 0 Å². The van der Waals surface area contributed by atoms with Crippen LogP contribution >= 0.6 is 0 Å². The summed E-state index contributed by atoms with van der Waals surface area (Å²) in [6.45, 7) is -0.523. The molecular weight excluding hydrogens is 396 g/mol. The number of ether oxygens (including phenoxy) is 1. The van der Waals surface area contributed by atoms with Crippen molar-refractivity contribution < 1.29 is 48.0 Å². The van der Waals surface area contributed by atoms with Gasteiger partial charge in [0.15, 0.2) is 0 Å². The van der Waals surface area contributed by atoms with Crippen LogP contribution in [0.2, 0.25) is 0 Å². The van der Waals surface area contributed by atoms with E-state index in [1.165, 1.54) is 12.1 Å². The van der Waals surface area contributed by atoms with Crippen LogP contribution in [0.3, 0.4) is 0 Å². The Labute approximate surface area is 160 Å². The molecule has 0 aliphatic carbocycles. The first-order valence-corrected chi connectivity index (χ1v) is 7.63. The number of aromatic nitrogens is 1. The quantitative estimate of drug-likeness (QED) is 0.195. The van der Waals surface area contributed by atoms with E-state index in [1.807, 2.05) is 0 Å². The number of nitrogens with zero attached hydrogens (tertiary/aromatic N) is 1. The number of aliphatic hydroxyl groups is 1. The third-order valence-electron chi connectivity index (χ3n) is 3.46. The van der Waals surface area contributed by atoms with E-state index >= 15 is 0 Å². The zero-order chi connectivity index (χ0) is 21.7. The van der Waals surface area contributed by atoms with Gasteiger partial charge in [0.2, 0.25) is 11.5 Å². The number of carbonyl (C=O) groups excluding carboxylic acids is 2. The zero-order valence-electron chi connectivity index (χ0n) is 14.3. The number of benzene rings is 1. The Morgan fingerprint density at radius 1 is 1.00 bits per heavy atom. The summed E-state index contributed by atoms with van der Waals surface area (Å²) in [6.07, 6.45) is 2.01. The highest BCUT2D eigenvalue weighted by Crippen LogP contribution is 2.20. The van der Waals surface area contributed by atoms with Crippen molar-refractivity contribution in [2.75, 3.05) is 0 Å². The minimum atomic E-state index is -2.15. The summed E-state index contributed by atoms with van der Waals surface area (Å²) >= 11 is 0. The molecule has 0 aliphatic heterocycles. The smallest absolute Gasteiger partial charge is 0.380 e. The van der Waals surface area contributed by atoms with E-state index < -0.39 is 53.1 Å². The highest BCUT2D eigenvalue weighted by Gasteiger charge is 2.30. The van der Waals surface area contributed by atoms with Crippen LogP contribution in [-0.4, -0.2) is 43.8 Å². The fourth-order valence-electron chi connectivity index (χ4n) is 2.05. The number of carbonyl (C=O) groups is 4. The number of carboxylic acids is 2. The van der Waals surface area contributed by atoms with Gasteiger partial charge in [-0.05, 0) is 24.3 Å². The van der Waals surface area contributed by atoms with Gasteiger partial charge in [0.05, 0.1) is 17.5 Å². The van der Waals surface area contributed by atoms with Crippen molar-refractivity contribution in [1.82, 2.24) is 4.98 Å². The summed E-state index contributed by atoms with van der Waals surface area (Å²) in [7, 11) is 0. The number of ketones is 2. The van der Waals surface area contributed by atoms with Gasteiger partial charge in [-0.2, -0.15) is 0 Å². The van der Waals surface area contributed by atoms with Crippen LogP contribution in [0, 0.1) is 11.6 Å². The Kier molecular flexibility index (Phi) is 6.34. The first-order valence-electron chi connectivity index (χ1n) is 7.63. The van der Waals surface area contributed by atoms with Gasteiger partial charge in [-0.15, -0.1) is 0 Å². The van der Waals surface area contributed by atoms with Crippen molar-refractivity contribution in [2.45, 2.75) is 6.61 Å². The Hall–Kier alpha value is -4.15. The second-order valence-corrected chi connectivity index (χ2v) is 5.40. The topological polar surface area (TPSA) is 151 Å². The Bertz CT molecular complexity index is 1030. The van der Waals surface area contributed by atoms with E-state index in [1.54, 1.807) is 0 Å². The standard InChI is InChI=1S/C18H11F2NO8/c19-11-4-1-8(14(20)13(11)15(23)16(24)18(27)28)7-29-10-3-2-9(21-6-10)5-12(22)17(25)26/h1-6,22H,7H2,(H,25,26)(H,27,28)/b12-5-. The maximum Gasteiger partial charge on any atom is 0.380 e. The van der Waals surface area contributed by atoms with Crippen molar-refractivity contribution in [3.8, 4) is 5.75 Å². The highest BCUT2D eigenvalue weighted by atomic mass is 19.1. The summed E-state index contributed by atoms with van der Waals surface area (Å²) in [6, 6.07) is 4.23. The maximum atomic E-state index is 14.4. The van der Waals surface area contributed by atoms with Crippen LogP contribution in [0.25, 0.3) is 6.08 Å². The van der Waals surface area contributed by atoms with Gasteiger partial charge >= 0.3 is 17.7 Å². The molecule has 150 valence electrons. The molecule has 0 bridgehead atoms. The molecule has 0 spiro atoms. The monoisotopic (exact) mass is 407 g/mol. The molecule has 0 atom stereocenters. The van der Waals surface area contributed by atoms with Crippen molar-refractivity contribution in [2.24, 2.45) is 0 Å². The molecule has 11 heteroatoms. The normalized spacial score (nSPS) is 11.0. The molecule has 1 aromatic heterocycles. The van der Waals surface area contributed by atoms with Crippen LogP contribution in [0.4, 0.5) is 8.78 Å². The van der Waals surface area contributed by atoms with Crippen LogP contribution in [0.5, 0.6) is 5.75 Å². The molecule has 0 saturated heterocycles. The summed E-state index contributed by atoms with van der Waals surface area (Å²) < 4.78 is 33.4. The first kappa shape index (κ1) is 21.2. The van der Waals surface area contributed by atoms with E-state index in [0.717, 1.165) is 18.3 Å². The zero-order valence-corrected chi connectivity index (χ0v) is 14.3. The van der Waals surface area contributed by atoms with Crippen molar-refractivity contribution in [1.29, 1.82) is 0 Å². The van der Waals surface area contributed by atoms with Crippen LogP contribution < -0.4 is 4.74 Å². The molecule has 0 unspecified atom stereocenters. The van der Waals surface area contributed by atoms with E-state index in [2.05, 4.69) is 4.98 Å². The molecule has 1 heterocycles. The molecule has 2 aromatic rings. The molecule has 0 amide bonds. The third-order valence-corrected chi connectivity index (χ3v) is 3.46. The van der Waals surface area contributed by atoms with E-state index in [9.17, 15) is 28.0 Å². The lowest BCUT2D eigenvalue weighted by Crippen LogP contribution is -2.25. The van der Waals surface area contributed by atoms with E-state index in [4.69, 9.17) is 20.1 Å². The van der Waals surface area contributed by atoms with Crippen LogP contribution in [0.1, 0.15) is 21.6 Å². The number of Topliss-reactive ketones (excluding diaryl/α,β-unsaturated/α-hetero) is 2. The molecule has 9 nitrogen and oxygen atoms in total. The number of hydrogen-bond donors (Lipinski definition) is 3. The molecule has 1 aromatic carbocycles. The van der Waals surface area contributed by atoms with E-state index in [0.29, 0.717) is 6.07 Å². The van der Waals surface area contributed by atoms with E-state index in [-0.39, 0.29) is 17.0 Å². The lowest BCUT2D eigenvalue weighted by atomic mass is 10.0. The summed E-state index contributed by atoms with van der Waals surface area (Å²) in [5, 5.41) is 26.2. The second-order valence-electron chi connectivity index (χ2n) is 5.40. The van der Waals surface area contributed by atoms with Gasteiger partial charge in [-0.3, -0.25) is 14.6 Å². The number of carboxylic acid groups (broad SMARTS) is 2. The van der Waals surface area contributed by atoms with Gasteiger partial charge < -0.3 is 20.1 Å². The number of halogens is 2. The molecule has 29 heavy (non-hydrogen) atoms. The van der Waals surface area contributed by atoms with Crippen LogP contribution in [-0.2, 0) is 21.0 Å². The number of aliphatic carboxylic acids is 2. The predicted octanol–water partition coefficient (Wildman–Crippen LogP) is 1.76. The Balaban J connectivity index is 2.19. The predicted molar refractivity (Wildman–Crippen MR) is 90.1 cm³/mol. The molecule has 0 fully saturated rings. The average Bonchev–Trinajstić information content (AvgIpc) is 2.67. The molecular formula is C18H11F2NO8. The minimum Gasteiger partial charge on any atom is -0.502 e. The molecule has 0 radical (unpaired) electrons. The lowest BCUT2D eigenvalue weighted by molar-refractivity contribution is -0.146. The van der Waals surface area contributed by atoms with Crippen molar-refractivity contribution >= 4 is 29.6 Å². The highest BCUT2D eigenvalue weighted by molar-refractivity contribution is 6.65.